The van der Waals surface area contributed by atoms with Gasteiger partial charge < -0.3 is 0 Å². The number of carbonyl (C=O) groups excluding carboxylic acids is 1. The predicted molar refractivity (Wildman–Crippen MR) is 80.5 cm³/mol. The van der Waals surface area contributed by atoms with Crippen LogP contribution in [0.15, 0.2) is 34.3 Å². The van der Waals surface area contributed by atoms with Crippen LogP contribution in [0.25, 0.3) is 0 Å². The van der Waals surface area contributed by atoms with E-state index in [4.69, 9.17) is 0 Å². The second kappa shape index (κ2) is 7.34. The summed E-state index contributed by atoms with van der Waals surface area (Å²) in [4.78, 5) is 13.1. The largest absolute Gasteiger partial charge is 0.273 e. The Morgan fingerprint density at radius 2 is 1.95 bits per heavy atom. The van der Waals surface area contributed by atoms with Gasteiger partial charge in [0.15, 0.2) is 0 Å². The zero-order valence-corrected chi connectivity index (χ0v) is 12.1. The van der Waals surface area contributed by atoms with Crippen molar-refractivity contribution in [3.63, 3.8) is 0 Å². The van der Waals surface area contributed by atoms with Crippen molar-refractivity contribution >= 4 is 23.9 Å². The van der Waals surface area contributed by atoms with E-state index in [1.807, 2.05) is 18.4 Å². The number of thioether (sulfide) groups is 1. The average molecular weight is 276 g/mol. The molecule has 1 aromatic carbocycles. The highest BCUT2D eigenvalue weighted by molar-refractivity contribution is 7.98. The summed E-state index contributed by atoms with van der Waals surface area (Å²) in [5.74, 6) is 0.224. The number of rotatable bonds is 4. The Morgan fingerprint density at radius 1 is 1.26 bits per heavy atom. The van der Waals surface area contributed by atoms with Gasteiger partial charge in [0.05, 0.1) is 6.21 Å². The maximum Gasteiger partial charge on any atom is 0.243 e. The van der Waals surface area contributed by atoms with E-state index in [0.717, 1.165) is 31.2 Å². The lowest BCUT2D eigenvalue weighted by atomic mass is 9.89. The van der Waals surface area contributed by atoms with Crippen molar-refractivity contribution < 1.29 is 4.79 Å². The molecule has 0 aliphatic heterocycles. The number of benzene rings is 1. The molecule has 0 radical (unpaired) electrons. The summed E-state index contributed by atoms with van der Waals surface area (Å²) in [5.41, 5.74) is 3.66. The average Bonchev–Trinajstić information content (AvgIpc) is 2.49. The second-order valence-corrected chi connectivity index (χ2v) is 5.72. The van der Waals surface area contributed by atoms with E-state index in [0.29, 0.717) is 0 Å². The first kappa shape index (κ1) is 14.1. The molecule has 0 aromatic heterocycles. The standard InChI is InChI=1S/C15H20N2OS/c1-19-14-9-7-12(8-10-14)11-16-17-15(18)13-5-3-2-4-6-13/h7-11,13H,2-6H2,1H3,(H,17,18)/b16-11+. The lowest BCUT2D eigenvalue weighted by Gasteiger charge is -2.19. The van der Waals surface area contributed by atoms with Crippen LogP contribution >= 0.6 is 11.8 Å². The summed E-state index contributed by atoms with van der Waals surface area (Å²) in [6.45, 7) is 0. The first-order chi connectivity index (χ1) is 9.29. The quantitative estimate of drug-likeness (QED) is 0.520. The molecule has 1 aliphatic carbocycles. The monoisotopic (exact) mass is 276 g/mol. The van der Waals surface area contributed by atoms with Crippen LogP contribution < -0.4 is 5.43 Å². The van der Waals surface area contributed by atoms with Gasteiger partial charge in [-0.2, -0.15) is 5.10 Å². The fourth-order valence-electron chi connectivity index (χ4n) is 2.32. The van der Waals surface area contributed by atoms with Crippen LogP contribution in [-0.2, 0) is 4.79 Å². The molecule has 3 nitrogen and oxygen atoms in total. The minimum Gasteiger partial charge on any atom is -0.273 e. The predicted octanol–water partition coefficient (Wildman–Crippen LogP) is 3.44. The van der Waals surface area contributed by atoms with E-state index < -0.39 is 0 Å². The molecule has 102 valence electrons. The van der Waals surface area contributed by atoms with Crippen molar-refractivity contribution in [2.75, 3.05) is 6.26 Å². The molecule has 0 bridgehead atoms. The molecule has 1 N–H and O–H groups in total. The molecule has 1 aromatic rings. The van der Waals surface area contributed by atoms with Crippen LogP contribution in [-0.4, -0.2) is 18.4 Å². The van der Waals surface area contributed by atoms with Crippen LogP contribution in [0.2, 0.25) is 0 Å². The van der Waals surface area contributed by atoms with E-state index >= 15 is 0 Å². The number of hydrogen-bond acceptors (Lipinski definition) is 3. The molecular weight excluding hydrogens is 256 g/mol. The Morgan fingerprint density at radius 3 is 2.58 bits per heavy atom. The van der Waals surface area contributed by atoms with E-state index in [-0.39, 0.29) is 11.8 Å². The van der Waals surface area contributed by atoms with Crippen LogP contribution in [0.5, 0.6) is 0 Å². The summed E-state index contributed by atoms with van der Waals surface area (Å²) < 4.78 is 0. The number of carbonyl (C=O) groups is 1. The topological polar surface area (TPSA) is 41.5 Å². The molecule has 0 heterocycles. The highest BCUT2D eigenvalue weighted by Gasteiger charge is 2.20. The maximum absolute atomic E-state index is 11.9. The van der Waals surface area contributed by atoms with Gasteiger partial charge in [-0.25, -0.2) is 5.43 Å². The van der Waals surface area contributed by atoms with Crippen molar-refractivity contribution in [3.05, 3.63) is 29.8 Å². The summed E-state index contributed by atoms with van der Waals surface area (Å²) >= 11 is 1.71. The first-order valence-electron chi connectivity index (χ1n) is 6.76. The highest BCUT2D eigenvalue weighted by atomic mass is 32.2. The summed E-state index contributed by atoms with van der Waals surface area (Å²) in [6.07, 6.45) is 9.34. The summed E-state index contributed by atoms with van der Waals surface area (Å²) in [6, 6.07) is 8.11. The molecule has 19 heavy (non-hydrogen) atoms. The molecule has 1 fully saturated rings. The normalized spacial score (nSPS) is 16.7. The van der Waals surface area contributed by atoms with Gasteiger partial charge in [-0.05, 0) is 36.8 Å². The number of hydrazone groups is 1. The maximum atomic E-state index is 11.9. The molecule has 0 unspecified atom stereocenters. The Labute approximate surface area is 118 Å². The number of amides is 1. The number of nitrogens with one attached hydrogen (secondary N) is 1. The molecule has 1 amide bonds. The SMILES string of the molecule is CSc1ccc(/C=N/NC(=O)C2CCCCC2)cc1. The third-order valence-electron chi connectivity index (χ3n) is 3.48. The van der Waals surface area contributed by atoms with Crippen molar-refractivity contribution in [2.45, 2.75) is 37.0 Å². The third-order valence-corrected chi connectivity index (χ3v) is 4.22. The molecule has 0 spiro atoms. The van der Waals surface area contributed by atoms with Crippen molar-refractivity contribution in [2.24, 2.45) is 11.0 Å². The lowest BCUT2D eigenvalue weighted by Crippen LogP contribution is -2.28. The molecule has 2 rings (SSSR count). The van der Waals surface area contributed by atoms with Crippen LogP contribution in [0, 0.1) is 5.92 Å². The van der Waals surface area contributed by atoms with E-state index in [1.165, 1.54) is 11.3 Å². The van der Waals surface area contributed by atoms with Gasteiger partial charge in [0.1, 0.15) is 0 Å². The van der Waals surface area contributed by atoms with Gasteiger partial charge in [0, 0.05) is 10.8 Å². The lowest BCUT2D eigenvalue weighted by molar-refractivity contribution is -0.125. The summed E-state index contributed by atoms with van der Waals surface area (Å²) in [7, 11) is 0. The Bertz CT molecular complexity index is 436. The van der Waals surface area contributed by atoms with Gasteiger partial charge in [-0.1, -0.05) is 31.4 Å². The van der Waals surface area contributed by atoms with Crippen LogP contribution in [0.1, 0.15) is 37.7 Å². The molecular formula is C15H20N2OS. The zero-order chi connectivity index (χ0) is 13.5. The Kier molecular flexibility index (Phi) is 5.45. The number of nitrogens with zero attached hydrogens (tertiary/aromatic N) is 1. The second-order valence-electron chi connectivity index (χ2n) is 4.84. The van der Waals surface area contributed by atoms with Crippen molar-refractivity contribution in [1.82, 2.24) is 5.43 Å². The van der Waals surface area contributed by atoms with E-state index in [9.17, 15) is 4.79 Å². The third kappa shape index (κ3) is 4.39. The number of hydrogen-bond donors (Lipinski definition) is 1. The minimum absolute atomic E-state index is 0.0664. The van der Waals surface area contributed by atoms with Gasteiger partial charge >= 0.3 is 0 Å². The summed E-state index contributed by atoms with van der Waals surface area (Å²) in [5, 5.41) is 4.04. The van der Waals surface area contributed by atoms with Crippen molar-refractivity contribution in [3.8, 4) is 0 Å². The van der Waals surface area contributed by atoms with Crippen LogP contribution in [0.3, 0.4) is 0 Å². The Hall–Kier alpha value is -1.29. The molecule has 0 saturated heterocycles. The molecule has 0 atom stereocenters. The fourth-order valence-corrected chi connectivity index (χ4v) is 2.72. The smallest absolute Gasteiger partial charge is 0.243 e. The Balaban J connectivity index is 1.83. The highest BCUT2D eigenvalue weighted by Crippen LogP contribution is 2.23. The minimum atomic E-state index is 0.0664. The fraction of sp³-hybridized carbons (Fsp3) is 0.467. The van der Waals surface area contributed by atoms with Gasteiger partial charge in [-0.15, -0.1) is 11.8 Å². The molecule has 4 heteroatoms. The molecule has 1 saturated carbocycles. The first-order valence-corrected chi connectivity index (χ1v) is 7.99. The van der Waals surface area contributed by atoms with Crippen molar-refractivity contribution in [1.29, 1.82) is 0 Å². The van der Waals surface area contributed by atoms with Crippen LogP contribution in [0.4, 0.5) is 0 Å². The van der Waals surface area contributed by atoms with Gasteiger partial charge in [0.25, 0.3) is 0 Å². The van der Waals surface area contributed by atoms with E-state index in [2.05, 4.69) is 22.7 Å². The van der Waals surface area contributed by atoms with E-state index in [1.54, 1.807) is 18.0 Å². The van der Waals surface area contributed by atoms with Gasteiger partial charge in [0.2, 0.25) is 5.91 Å². The van der Waals surface area contributed by atoms with Gasteiger partial charge in [-0.3, -0.25) is 4.79 Å². The molecule has 1 aliphatic rings. The zero-order valence-electron chi connectivity index (χ0n) is 11.3.